The quantitative estimate of drug-likeness (QED) is 0.390. The number of carbonyl (C=O) groups excluding carboxylic acids is 4. The summed E-state index contributed by atoms with van der Waals surface area (Å²) >= 11 is 0. The van der Waals surface area contributed by atoms with Crippen molar-refractivity contribution in [2.75, 3.05) is 6.54 Å². The number of nitrogens with zero attached hydrogens (tertiary/aromatic N) is 3. The van der Waals surface area contributed by atoms with Gasteiger partial charge in [0.25, 0.3) is 5.91 Å². The highest BCUT2D eigenvalue weighted by Crippen LogP contribution is 2.30. The molecule has 2 aliphatic rings. The number of nitrogens with one attached hydrogen (secondary N) is 3. The number of cyclic esters (lactones) is 1. The number of benzene rings is 1. The van der Waals surface area contributed by atoms with Gasteiger partial charge in [-0.25, -0.2) is 5.43 Å². The molecule has 2 aliphatic heterocycles. The van der Waals surface area contributed by atoms with E-state index in [1.54, 1.807) is 45.1 Å². The standard InChI is InChI=1S/C28H38N6O5/c1-16(2)25-26(36)31-18(4)27(37)34-14-8-10-22(33-34)28(38)39-19(5)17(3)30-23-15-20(12-13-21(23)29-6)9-7-11-24(35)32-25/h7,9,12-13,15-16,18-19,22,25,33H,6,8,10-11,14H2,1-5H3,(H,31,36)(H,32,35)/t18-,19+,22-,25-/m0/s1. The first-order valence-electron chi connectivity index (χ1n) is 13.2. The molecule has 3 rings (SSSR count). The fourth-order valence-corrected chi connectivity index (χ4v) is 4.27. The molecule has 3 N–H and O–H groups in total. The highest BCUT2D eigenvalue weighted by atomic mass is 16.5. The molecule has 0 unspecified atom stereocenters. The first-order valence-corrected chi connectivity index (χ1v) is 13.2. The number of hydrogen-bond acceptors (Lipinski definition) is 8. The van der Waals surface area contributed by atoms with E-state index in [0.29, 0.717) is 36.5 Å². The van der Waals surface area contributed by atoms with E-state index < -0.39 is 42.0 Å². The Morgan fingerprint density at radius 1 is 1.15 bits per heavy atom. The van der Waals surface area contributed by atoms with Crippen LogP contribution in [0.15, 0.2) is 34.3 Å². The van der Waals surface area contributed by atoms with Crippen LogP contribution in [0.3, 0.4) is 0 Å². The summed E-state index contributed by atoms with van der Waals surface area (Å²) in [5.41, 5.74) is 5.39. The van der Waals surface area contributed by atoms with E-state index in [0.717, 1.165) is 5.56 Å². The molecule has 0 spiro atoms. The van der Waals surface area contributed by atoms with E-state index in [4.69, 9.17) is 4.74 Å². The average Bonchev–Trinajstić information content (AvgIpc) is 2.90. The summed E-state index contributed by atoms with van der Waals surface area (Å²) in [6.07, 6.45) is 3.96. The maximum absolute atomic E-state index is 13.1. The molecule has 2 heterocycles. The molecule has 0 aliphatic carbocycles. The van der Waals surface area contributed by atoms with Crippen molar-refractivity contribution in [2.45, 2.75) is 78.1 Å². The molecule has 11 heteroatoms. The van der Waals surface area contributed by atoms with Gasteiger partial charge < -0.3 is 15.4 Å². The van der Waals surface area contributed by atoms with E-state index in [1.807, 2.05) is 19.9 Å². The Morgan fingerprint density at radius 2 is 1.90 bits per heavy atom. The van der Waals surface area contributed by atoms with Crippen molar-refractivity contribution in [3.63, 3.8) is 0 Å². The lowest BCUT2D eigenvalue weighted by Gasteiger charge is -2.35. The van der Waals surface area contributed by atoms with Crippen molar-refractivity contribution in [3.05, 3.63) is 29.8 Å². The molecule has 4 bridgehead atoms. The van der Waals surface area contributed by atoms with Crippen molar-refractivity contribution >= 4 is 53.6 Å². The Balaban J connectivity index is 1.94. The third kappa shape index (κ3) is 7.82. The summed E-state index contributed by atoms with van der Waals surface area (Å²) in [5, 5.41) is 6.82. The van der Waals surface area contributed by atoms with Crippen molar-refractivity contribution in [1.82, 2.24) is 21.1 Å². The molecular formula is C28H38N6O5. The van der Waals surface area contributed by atoms with Gasteiger partial charge in [0.15, 0.2) is 0 Å². The summed E-state index contributed by atoms with van der Waals surface area (Å²) < 4.78 is 5.68. The minimum atomic E-state index is -0.876. The molecule has 4 atom stereocenters. The minimum Gasteiger partial charge on any atom is -0.455 e. The highest BCUT2D eigenvalue weighted by molar-refractivity contribution is 5.94. The first kappa shape index (κ1) is 29.7. The number of ether oxygens (including phenoxy) is 1. The summed E-state index contributed by atoms with van der Waals surface area (Å²) in [4.78, 5) is 60.4. The molecule has 0 aromatic heterocycles. The number of hydrogen-bond donors (Lipinski definition) is 3. The fraction of sp³-hybridized carbons (Fsp3) is 0.500. The number of fused-ring (bicyclic) bond motifs is 4. The third-order valence-electron chi connectivity index (χ3n) is 6.69. The maximum Gasteiger partial charge on any atom is 0.325 e. The van der Waals surface area contributed by atoms with Crippen LogP contribution >= 0.6 is 0 Å². The van der Waals surface area contributed by atoms with Crippen LogP contribution in [-0.4, -0.2) is 71.9 Å². The lowest BCUT2D eigenvalue weighted by atomic mass is 10.0. The number of carbonyl (C=O) groups is 4. The lowest BCUT2D eigenvalue weighted by Crippen LogP contribution is -2.61. The highest BCUT2D eigenvalue weighted by Gasteiger charge is 2.33. The van der Waals surface area contributed by atoms with Gasteiger partial charge >= 0.3 is 5.97 Å². The van der Waals surface area contributed by atoms with Gasteiger partial charge in [-0.15, -0.1) is 0 Å². The fourth-order valence-electron chi connectivity index (χ4n) is 4.27. The van der Waals surface area contributed by atoms with Crippen LogP contribution < -0.4 is 16.1 Å². The zero-order valence-electron chi connectivity index (χ0n) is 23.2. The zero-order chi connectivity index (χ0) is 28.7. The third-order valence-corrected chi connectivity index (χ3v) is 6.69. The number of hydrazine groups is 1. The van der Waals surface area contributed by atoms with Crippen molar-refractivity contribution in [1.29, 1.82) is 0 Å². The Hall–Kier alpha value is -3.86. The largest absolute Gasteiger partial charge is 0.455 e. The molecule has 3 amide bonds. The van der Waals surface area contributed by atoms with Gasteiger partial charge in [0.05, 0.1) is 17.1 Å². The van der Waals surface area contributed by atoms with Crippen LogP contribution in [0.1, 0.15) is 59.4 Å². The molecule has 210 valence electrons. The molecule has 0 saturated carbocycles. The van der Waals surface area contributed by atoms with E-state index in [1.165, 1.54) is 5.01 Å². The van der Waals surface area contributed by atoms with E-state index in [9.17, 15) is 19.2 Å². The van der Waals surface area contributed by atoms with Gasteiger partial charge in [-0.1, -0.05) is 32.1 Å². The van der Waals surface area contributed by atoms with Crippen LogP contribution in [0.25, 0.3) is 6.08 Å². The van der Waals surface area contributed by atoms with Crippen LogP contribution in [0.4, 0.5) is 11.4 Å². The Labute approximate surface area is 229 Å². The predicted octanol–water partition coefficient (Wildman–Crippen LogP) is 2.60. The summed E-state index contributed by atoms with van der Waals surface area (Å²) in [6, 6.07) is 2.97. The number of rotatable bonds is 2. The van der Waals surface area contributed by atoms with Crippen molar-refractivity contribution in [3.8, 4) is 0 Å². The molecule has 0 radical (unpaired) electrons. The van der Waals surface area contributed by atoms with Gasteiger partial charge in [-0.2, -0.15) is 0 Å². The number of esters is 1. The molecule has 11 nitrogen and oxygen atoms in total. The second-order valence-corrected chi connectivity index (χ2v) is 10.2. The second kappa shape index (κ2) is 13.3. The zero-order valence-corrected chi connectivity index (χ0v) is 23.2. The van der Waals surface area contributed by atoms with Gasteiger partial charge in [0.1, 0.15) is 24.2 Å². The predicted molar refractivity (Wildman–Crippen MR) is 150 cm³/mol. The topological polar surface area (TPSA) is 142 Å². The van der Waals surface area contributed by atoms with Crippen LogP contribution in [-0.2, 0) is 23.9 Å². The smallest absolute Gasteiger partial charge is 0.325 e. The van der Waals surface area contributed by atoms with Crippen LogP contribution in [0.5, 0.6) is 0 Å². The molecule has 1 aromatic carbocycles. The number of amides is 3. The molecular weight excluding hydrogens is 500 g/mol. The summed E-state index contributed by atoms with van der Waals surface area (Å²) in [7, 11) is 0. The van der Waals surface area contributed by atoms with Gasteiger partial charge in [-0.3, -0.25) is 34.2 Å². The van der Waals surface area contributed by atoms with Crippen molar-refractivity contribution < 1.29 is 23.9 Å². The molecule has 1 saturated heterocycles. The van der Waals surface area contributed by atoms with Gasteiger partial charge in [0, 0.05) is 13.0 Å². The normalized spacial score (nSPS) is 25.7. The molecule has 1 fully saturated rings. The van der Waals surface area contributed by atoms with E-state index in [-0.39, 0.29) is 18.2 Å². The summed E-state index contributed by atoms with van der Waals surface area (Å²) in [6.45, 7) is 12.7. The SMILES string of the molecule is C=Nc1ccc2cc1N=C(C)[C@@H](C)OC(=O)[C@@H]1CCCN(N1)C(=O)[C@H](C)NC(=O)[C@H](C(C)C)NC(=O)CC=C2. The molecule has 1 aromatic rings. The Kier molecular flexibility index (Phi) is 10.1. The average molecular weight is 539 g/mol. The minimum absolute atomic E-state index is 0.0517. The van der Waals surface area contributed by atoms with E-state index in [2.05, 4.69) is 32.8 Å². The van der Waals surface area contributed by atoms with Crippen LogP contribution in [0.2, 0.25) is 0 Å². The van der Waals surface area contributed by atoms with Gasteiger partial charge in [0.2, 0.25) is 11.8 Å². The monoisotopic (exact) mass is 538 g/mol. The first-order chi connectivity index (χ1) is 18.5. The second-order valence-electron chi connectivity index (χ2n) is 10.2. The Morgan fingerprint density at radius 3 is 2.59 bits per heavy atom. The van der Waals surface area contributed by atoms with Crippen LogP contribution in [0, 0.1) is 5.92 Å². The number of aliphatic imine (C=N–C) groups is 2. The van der Waals surface area contributed by atoms with Crippen molar-refractivity contribution in [2.24, 2.45) is 15.9 Å². The maximum atomic E-state index is 13.1. The lowest BCUT2D eigenvalue weighted by molar-refractivity contribution is -0.154. The molecule has 39 heavy (non-hydrogen) atoms. The van der Waals surface area contributed by atoms with E-state index >= 15 is 0 Å². The summed E-state index contributed by atoms with van der Waals surface area (Å²) in [5.74, 6) is -1.88. The van der Waals surface area contributed by atoms with Gasteiger partial charge in [-0.05, 0) is 63.9 Å². The Bertz CT molecular complexity index is 1180.